The molecule has 1 aromatic rings. The molecular formula is C11H18N2S. The fourth-order valence-corrected chi connectivity index (χ4v) is 2.69. The molecule has 1 aliphatic rings. The largest absolute Gasteiger partial charge is 0.324 e. The van der Waals surface area contributed by atoms with Gasteiger partial charge in [-0.25, -0.2) is 0 Å². The fourth-order valence-electron chi connectivity index (χ4n) is 1.82. The first-order valence-corrected chi connectivity index (χ1v) is 6.10. The topological polar surface area (TPSA) is 38.0 Å². The Morgan fingerprint density at radius 3 is 2.86 bits per heavy atom. The van der Waals surface area contributed by atoms with Gasteiger partial charge in [0, 0.05) is 23.5 Å². The summed E-state index contributed by atoms with van der Waals surface area (Å²) in [7, 11) is 0. The highest BCUT2D eigenvalue weighted by atomic mass is 32.1. The third-order valence-electron chi connectivity index (χ3n) is 3.08. The molecule has 0 bridgehead atoms. The van der Waals surface area contributed by atoms with E-state index in [4.69, 9.17) is 5.73 Å². The van der Waals surface area contributed by atoms with Crippen molar-refractivity contribution >= 4 is 11.3 Å². The molecule has 0 aliphatic heterocycles. The van der Waals surface area contributed by atoms with E-state index in [9.17, 15) is 0 Å². The van der Waals surface area contributed by atoms with Crippen LogP contribution < -0.4 is 11.1 Å². The Hall–Kier alpha value is -0.380. The van der Waals surface area contributed by atoms with E-state index >= 15 is 0 Å². The molecule has 1 aliphatic carbocycles. The summed E-state index contributed by atoms with van der Waals surface area (Å²) in [5, 5.41) is 5.60. The van der Waals surface area contributed by atoms with Crippen LogP contribution in [0.1, 0.15) is 29.7 Å². The normalized spacial score (nSPS) is 19.3. The van der Waals surface area contributed by atoms with Crippen LogP contribution in [0.4, 0.5) is 0 Å². The smallest absolute Gasteiger partial charge is 0.0303 e. The molecule has 0 saturated heterocycles. The Balaban J connectivity index is 1.75. The third kappa shape index (κ3) is 2.16. The van der Waals surface area contributed by atoms with Crippen molar-refractivity contribution in [1.29, 1.82) is 0 Å². The summed E-state index contributed by atoms with van der Waals surface area (Å²) in [4.78, 5) is 1.44. The summed E-state index contributed by atoms with van der Waals surface area (Å²) in [6.45, 7) is 4.10. The van der Waals surface area contributed by atoms with E-state index in [1.54, 1.807) is 0 Å². The van der Waals surface area contributed by atoms with Gasteiger partial charge in [-0.3, -0.25) is 0 Å². The van der Waals surface area contributed by atoms with Gasteiger partial charge in [0.05, 0.1) is 0 Å². The minimum absolute atomic E-state index is 0.102. The van der Waals surface area contributed by atoms with Crippen molar-refractivity contribution < 1.29 is 0 Å². The average molecular weight is 210 g/mol. The molecule has 0 unspecified atom stereocenters. The first kappa shape index (κ1) is 10.1. The zero-order chi connectivity index (χ0) is 10.0. The lowest BCUT2D eigenvalue weighted by Crippen LogP contribution is -2.53. The Morgan fingerprint density at radius 1 is 1.57 bits per heavy atom. The number of nitrogens with two attached hydrogens (primary N) is 1. The summed E-state index contributed by atoms with van der Waals surface area (Å²) in [5.41, 5.74) is 7.61. The Bertz CT molecular complexity index is 302. The van der Waals surface area contributed by atoms with Crippen LogP contribution in [-0.2, 0) is 6.54 Å². The van der Waals surface area contributed by atoms with Crippen molar-refractivity contribution in [2.45, 2.75) is 38.3 Å². The van der Waals surface area contributed by atoms with Crippen LogP contribution in [0.2, 0.25) is 0 Å². The van der Waals surface area contributed by atoms with Gasteiger partial charge in [-0.2, -0.15) is 0 Å². The molecule has 0 amide bonds. The second-order valence-corrected chi connectivity index (χ2v) is 5.35. The average Bonchev–Trinajstić information content (AvgIpc) is 2.49. The van der Waals surface area contributed by atoms with E-state index in [1.165, 1.54) is 29.7 Å². The van der Waals surface area contributed by atoms with Crippen LogP contribution in [0.3, 0.4) is 0 Å². The maximum atomic E-state index is 6.12. The molecule has 2 nitrogen and oxygen atoms in total. The molecule has 1 aromatic heterocycles. The van der Waals surface area contributed by atoms with Gasteiger partial charge in [-0.1, -0.05) is 0 Å². The number of hydrogen-bond acceptors (Lipinski definition) is 3. The van der Waals surface area contributed by atoms with Crippen LogP contribution in [0.15, 0.2) is 11.4 Å². The van der Waals surface area contributed by atoms with Crippen molar-refractivity contribution in [3.63, 3.8) is 0 Å². The second-order valence-electron chi connectivity index (χ2n) is 4.35. The summed E-state index contributed by atoms with van der Waals surface area (Å²) >= 11 is 1.82. The molecule has 1 heterocycles. The Labute approximate surface area is 89.5 Å². The van der Waals surface area contributed by atoms with Gasteiger partial charge in [-0.05, 0) is 43.2 Å². The first-order valence-electron chi connectivity index (χ1n) is 5.22. The van der Waals surface area contributed by atoms with Crippen molar-refractivity contribution in [2.75, 3.05) is 6.54 Å². The molecule has 14 heavy (non-hydrogen) atoms. The van der Waals surface area contributed by atoms with Gasteiger partial charge in [0.25, 0.3) is 0 Å². The van der Waals surface area contributed by atoms with Crippen LogP contribution >= 0.6 is 11.3 Å². The molecule has 78 valence electrons. The second kappa shape index (κ2) is 4.01. The predicted octanol–water partition coefficient (Wildman–Crippen LogP) is 2.03. The molecule has 3 heteroatoms. The van der Waals surface area contributed by atoms with E-state index in [1.807, 2.05) is 11.3 Å². The molecule has 0 atom stereocenters. The van der Waals surface area contributed by atoms with Crippen molar-refractivity contribution in [1.82, 2.24) is 5.32 Å². The van der Waals surface area contributed by atoms with Crippen LogP contribution in [0, 0.1) is 6.92 Å². The number of nitrogens with one attached hydrogen (secondary N) is 1. The highest BCUT2D eigenvalue weighted by Gasteiger charge is 2.31. The van der Waals surface area contributed by atoms with Gasteiger partial charge >= 0.3 is 0 Å². The lowest BCUT2D eigenvalue weighted by Gasteiger charge is -2.38. The molecule has 0 spiro atoms. The number of hydrogen-bond donors (Lipinski definition) is 2. The van der Waals surface area contributed by atoms with Crippen LogP contribution in [0.5, 0.6) is 0 Å². The number of thiophene rings is 1. The zero-order valence-corrected chi connectivity index (χ0v) is 9.49. The SMILES string of the molecule is Cc1ccsc1CNCC1(N)CCC1. The zero-order valence-electron chi connectivity index (χ0n) is 8.68. The van der Waals surface area contributed by atoms with E-state index in [-0.39, 0.29) is 5.54 Å². The van der Waals surface area contributed by atoms with Crippen LogP contribution in [0.25, 0.3) is 0 Å². The quantitative estimate of drug-likeness (QED) is 0.798. The summed E-state index contributed by atoms with van der Waals surface area (Å²) in [6.07, 6.45) is 3.67. The maximum Gasteiger partial charge on any atom is 0.0303 e. The van der Waals surface area contributed by atoms with Gasteiger partial charge in [-0.15, -0.1) is 11.3 Å². The minimum atomic E-state index is 0.102. The Morgan fingerprint density at radius 2 is 2.36 bits per heavy atom. The van der Waals surface area contributed by atoms with Crippen molar-refractivity contribution in [3.05, 3.63) is 21.9 Å². The van der Waals surface area contributed by atoms with Gasteiger partial charge < -0.3 is 11.1 Å². The van der Waals surface area contributed by atoms with Crippen molar-refractivity contribution in [3.8, 4) is 0 Å². The highest BCUT2D eigenvalue weighted by Crippen LogP contribution is 2.28. The van der Waals surface area contributed by atoms with E-state index in [0.717, 1.165) is 13.1 Å². The number of rotatable bonds is 4. The fraction of sp³-hybridized carbons (Fsp3) is 0.636. The lowest BCUT2D eigenvalue weighted by atomic mass is 9.78. The first-order chi connectivity index (χ1) is 6.70. The summed E-state index contributed by atoms with van der Waals surface area (Å²) < 4.78 is 0. The number of aryl methyl sites for hydroxylation is 1. The van der Waals surface area contributed by atoms with E-state index in [0.29, 0.717) is 0 Å². The van der Waals surface area contributed by atoms with E-state index < -0.39 is 0 Å². The van der Waals surface area contributed by atoms with Gasteiger partial charge in [0.1, 0.15) is 0 Å². The maximum absolute atomic E-state index is 6.12. The highest BCUT2D eigenvalue weighted by molar-refractivity contribution is 7.10. The predicted molar refractivity (Wildman–Crippen MR) is 61.5 cm³/mol. The van der Waals surface area contributed by atoms with Crippen molar-refractivity contribution in [2.24, 2.45) is 5.73 Å². The molecule has 1 saturated carbocycles. The van der Waals surface area contributed by atoms with Gasteiger partial charge in [0.15, 0.2) is 0 Å². The summed E-state index contributed by atoms with van der Waals surface area (Å²) in [6, 6.07) is 2.17. The summed E-state index contributed by atoms with van der Waals surface area (Å²) in [5.74, 6) is 0. The molecule has 2 rings (SSSR count). The minimum Gasteiger partial charge on any atom is -0.324 e. The molecular weight excluding hydrogens is 192 g/mol. The Kier molecular flexibility index (Phi) is 2.91. The molecule has 1 fully saturated rings. The molecule has 0 radical (unpaired) electrons. The standard InChI is InChI=1S/C11H18N2S/c1-9-3-6-14-10(9)7-13-8-11(12)4-2-5-11/h3,6,13H,2,4-5,7-8,12H2,1H3. The lowest BCUT2D eigenvalue weighted by molar-refractivity contribution is 0.239. The molecule has 3 N–H and O–H groups in total. The third-order valence-corrected chi connectivity index (χ3v) is 4.10. The van der Waals surface area contributed by atoms with E-state index in [2.05, 4.69) is 23.7 Å². The monoisotopic (exact) mass is 210 g/mol. The molecule has 0 aromatic carbocycles. The van der Waals surface area contributed by atoms with Crippen LogP contribution in [-0.4, -0.2) is 12.1 Å². The van der Waals surface area contributed by atoms with Gasteiger partial charge in [0.2, 0.25) is 0 Å².